The van der Waals surface area contributed by atoms with Crippen molar-refractivity contribution in [2.24, 2.45) is 5.73 Å². The smallest absolute Gasteiger partial charge is 0.106 e. The average Bonchev–Trinajstić information content (AvgIpc) is 2.81. The molecule has 0 aromatic carbocycles. The zero-order valence-corrected chi connectivity index (χ0v) is 12.7. The average molecular weight is 312 g/mol. The first-order valence-electron chi connectivity index (χ1n) is 5.97. The van der Waals surface area contributed by atoms with Crippen LogP contribution in [0.3, 0.4) is 0 Å². The Labute approximate surface area is 115 Å². The van der Waals surface area contributed by atoms with Gasteiger partial charge in [0.15, 0.2) is 0 Å². The number of nitrogens with two attached hydrogens (primary N) is 1. The molecule has 2 aromatic rings. The third-order valence-corrected chi connectivity index (χ3v) is 3.60. The van der Waals surface area contributed by atoms with E-state index in [9.17, 15) is 0 Å². The number of rotatable bonds is 3. The molecule has 0 aliphatic heterocycles. The van der Waals surface area contributed by atoms with Gasteiger partial charge in [-0.2, -0.15) is 5.10 Å². The Balaban J connectivity index is 2.48. The van der Waals surface area contributed by atoms with Gasteiger partial charge in [0, 0.05) is 11.6 Å². The van der Waals surface area contributed by atoms with E-state index in [4.69, 9.17) is 10.2 Å². The number of aryl methyl sites for hydroxylation is 2. The highest BCUT2D eigenvalue weighted by atomic mass is 79.9. The van der Waals surface area contributed by atoms with E-state index >= 15 is 0 Å². The fourth-order valence-corrected chi connectivity index (χ4v) is 2.68. The Kier molecular flexibility index (Phi) is 3.64. The van der Waals surface area contributed by atoms with Crippen molar-refractivity contribution in [3.05, 3.63) is 39.5 Å². The minimum absolute atomic E-state index is 0.235. The number of halogens is 1. The summed E-state index contributed by atoms with van der Waals surface area (Å²) in [6, 6.07) is 2.02. The SMILES string of the molecule is Cc1cc(C(N)c2c(Br)cnn2C(C)C)c(C)o1. The molecule has 1 atom stereocenters. The van der Waals surface area contributed by atoms with Gasteiger partial charge >= 0.3 is 0 Å². The van der Waals surface area contributed by atoms with Crippen LogP contribution in [-0.2, 0) is 0 Å². The molecule has 2 heterocycles. The summed E-state index contributed by atoms with van der Waals surface area (Å²) in [5, 5.41) is 4.36. The molecule has 5 heteroatoms. The largest absolute Gasteiger partial charge is 0.466 e. The molecular weight excluding hydrogens is 294 g/mol. The van der Waals surface area contributed by atoms with Crippen LogP contribution in [-0.4, -0.2) is 9.78 Å². The second kappa shape index (κ2) is 4.90. The van der Waals surface area contributed by atoms with E-state index in [0.29, 0.717) is 0 Å². The van der Waals surface area contributed by atoms with E-state index in [2.05, 4.69) is 34.9 Å². The van der Waals surface area contributed by atoms with Crippen molar-refractivity contribution < 1.29 is 4.42 Å². The third-order valence-electron chi connectivity index (χ3n) is 2.99. The molecule has 2 rings (SSSR count). The molecule has 98 valence electrons. The normalized spacial score (nSPS) is 13.3. The van der Waals surface area contributed by atoms with E-state index in [1.54, 1.807) is 6.20 Å². The first-order valence-corrected chi connectivity index (χ1v) is 6.76. The minimum Gasteiger partial charge on any atom is -0.466 e. The second-order valence-corrected chi connectivity index (χ2v) is 5.62. The summed E-state index contributed by atoms with van der Waals surface area (Å²) in [6.45, 7) is 8.04. The molecule has 0 saturated carbocycles. The summed E-state index contributed by atoms with van der Waals surface area (Å²) in [5.74, 6) is 1.74. The maximum Gasteiger partial charge on any atom is 0.106 e. The topological polar surface area (TPSA) is 57.0 Å². The molecule has 0 radical (unpaired) electrons. The Morgan fingerprint density at radius 1 is 1.39 bits per heavy atom. The van der Waals surface area contributed by atoms with Gasteiger partial charge in [0.1, 0.15) is 11.5 Å². The van der Waals surface area contributed by atoms with Crippen LogP contribution in [0.5, 0.6) is 0 Å². The van der Waals surface area contributed by atoms with Gasteiger partial charge in [-0.05, 0) is 49.7 Å². The number of hydrogen-bond acceptors (Lipinski definition) is 3. The van der Waals surface area contributed by atoms with E-state index in [1.807, 2.05) is 24.6 Å². The zero-order chi connectivity index (χ0) is 13.4. The van der Waals surface area contributed by atoms with E-state index in [0.717, 1.165) is 27.3 Å². The molecular formula is C13H18BrN3O. The number of nitrogens with zero attached hydrogens (tertiary/aromatic N) is 2. The molecule has 0 aliphatic carbocycles. The van der Waals surface area contributed by atoms with Crippen LogP contribution in [0.4, 0.5) is 0 Å². The Bertz CT molecular complexity index is 557. The van der Waals surface area contributed by atoms with Crippen LogP contribution >= 0.6 is 15.9 Å². The van der Waals surface area contributed by atoms with Gasteiger partial charge in [-0.1, -0.05) is 0 Å². The third kappa shape index (κ3) is 2.24. The molecule has 18 heavy (non-hydrogen) atoms. The van der Waals surface area contributed by atoms with E-state index < -0.39 is 0 Å². The summed E-state index contributed by atoms with van der Waals surface area (Å²) in [4.78, 5) is 0. The molecule has 0 spiro atoms. The molecule has 2 N–H and O–H groups in total. The highest BCUT2D eigenvalue weighted by Crippen LogP contribution is 2.31. The van der Waals surface area contributed by atoms with Gasteiger partial charge in [-0.25, -0.2) is 0 Å². The van der Waals surface area contributed by atoms with Gasteiger partial charge in [-0.15, -0.1) is 0 Å². The fourth-order valence-electron chi connectivity index (χ4n) is 2.16. The second-order valence-electron chi connectivity index (χ2n) is 4.76. The highest BCUT2D eigenvalue weighted by Gasteiger charge is 2.22. The van der Waals surface area contributed by atoms with Crippen LogP contribution in [0.2, 0.25) is 0 Å². The fraction of sp³-hybridized carbons (Fsp3) is 0.462. The van der Waals surface area contributed by atoms with Gasteiger partial charge in [0.05, 0.1) is 22.4 Å². The van der Waals surface area contributed by atoms with Crippen molar-refractivity contribution in [2.75, 3.05) is 0 Å². The van der Waals surface area contributed by atoms with E-state index in [1.165, 1.54) is 0 Å². The first-order chi connectivity index (χ1) is 8.41. The summed E-state index contributed by atoms with van der Waals surface area (Å²) in [7, 11) is 0. The lowest BCUT2D eigenvalue weighted by Gasteiger charge is -2.17. The van der Waals surface area contributed by atoms with Crippen molar-refractivity contribution in [3.8, 4) is 0 Å². The van der Waals surface area contributed by atoms with Crippen molar-refractivity contribution in [1.82, 2.24) is 9.78 Å². The number of furan rings is 1. The Hall–Kier alpha value is -1.07. The van der Waals surface area contributed by atoms with Crippen molar-refractivity contribution in [1.29, 1.82) is 0 Å². The maximum absolute atomic E-state index is 6.36. The maximum atomic E-state index is 6.36. The van der Waals surface area contributed by atoms with Crippen LogP contribution < -0.4 is 5.73 Å². The molecule has 0 fully saturated rings. The lowest BCUT2D eigenvalue weighted by Crippen LogP contribution is -2.19. The monoisotopic (exact) mass is 311 g/mol. The predicted octanol–water partition coefficient (Wildman–Crippen LogP) is 3.48. The molecule has 0 bridgehead atoms. The van der Waals surface area contributed by atoms with Gasteiger partial charge in [-0.3, -0.25) is 4.68 Å². The van der Waals surface area contributed by atoms with Crippen molar-refractivity contribution in [3.63, 3.8) is 0 Å². The highest BCUT2D eigenvalue weighted by molar-refractivity contribution is 9.10. The summed E-state index contributed by atoms with van der Waals surface area (Å²) < 4.78 is 8.42. The lowest BCUT2D eigenvalue weighted by atomic mass is 10.0. The molecule has 0 aliphatic rings. The van der Waals surface area contributed by atoms with Crippen molar-refractivity contribution in [2.45, 2.75) is 39.8 Å². The first kappa shape index (κ1) is 13.4. The summed E-state index contributed by atoms with van der Waals surface area (Å²) >= 11 is 3.52. The summed E-state index contributed by atoms with van der Waals surface area (Å²) in [6.07, 6.45) is 1.79. The van der Waals surface area contributed by atoms with Crippen molar-refractivity contribution >= 4 is 15.9 Å². The number of hydrogen-bond donors (Lipinski definition) is 1. The van der Waals surface area contributed by atoms with Crippen LogP contribution in [0.1, 0.15) is 48.7 Å². The number of aromatic nitrogens is 2. The van der Waals surface area contributed by atoms with Gasteiger partial charge < -0.3 is 10.2 Å². The zero-order valence-electron chi connectivity index (χ0n) is 11.1. The van der Waals surface area contributed by atoms with Crippen LogP contribution in [0.25, 0.3) is 0 Å². The lowest BCUT2D eigenvalue weighted by molar-refractivity contribution is 0.486. The van der Waals surface area contributed by atoms with Gasteiger partial charge in [0.2, 0.25) is 0 Å². The molecule has 1 unspecified atom stereocenters. The Morgan fingerprint density at radius 2 is 2.06 bits per heavy atom. The predicted molar refractivity (Wildman–Crippen MR) is 74.5 cm³/mol. The quantitative estimate of drug-likeness (QED) is 0.944. The van der Waals surface area contributed by atoms with Crippen LogP contribution in [0, 0.1) is 13.8 Å². The standard InChI is InChI=1S/C13H18BrN3O/c1-7(2)17-13(11(14)6-16-17)12(15)10-5-8(3)18-9(10)4/h5-7,12H,15H2,1-4H3. The van der Waals surface area contributed by atoms with E-state index in [-0.39, 0.29) is 12.1 Å². The molecule has 4 nitrogen and oxygen atoms in total. The molecule has 2 aromatic heterocycles. The molecule has 0 saturated heterocycles. The van der Waals surface area contributed by atoms with Gasteiger partial charge in [0.25, 0.3) is 0 Å². The van der Waals surface area contributed by atoms with Crippen LogP contribution in [0.15, 0.2) is 21.2 Å². The molecule has 0 amide bonds. The summed E-state index contributed by atoms with van der Waals surface area (Å²) in [5.41, 5.74) is 8.35. The Morgan fingerprint density at radius 3 is 2.56 bits per heavy atom. The minimum atomic E-state index is -0.235.